The first-order valence-electron chi connectivity index (χ1n) is 9.45. The predicted molar refractivity (Wildman–Crippen MR) is 118 cm³/mol. The number of ether oxygens (including phenoxy) is 1. The number of carbonyl (C=O) groups excluding carboxylic acids is 2. The van der Waals surface area contributed by atoms with Crippen LogP contribution in [-0.2, 0) is 24.3 Å². The summed E-state index contributed by atoms with van der Waals surface area (Å²) >= 11 is 5.96. The molecule has 10 nitrogen and oxygen atoms in total. The second-order valence-corrected chi connectivity index (χ2v) is 9.27. The van der Waals surface area contributed by atoms with Crippen molar-refractivity contribution >= 4 is 44.9 Å². The highest BCUT2D eigenvalue weighted by Crippen LogP contribution is 2.27. The lowest BCUT2D eigenvalue weighted by Crippen LogP contribution is -2.47. The Bertz CT molecular complexity index is 1110. The molecule has 32 heavy (non-hydrogen) atoms. The Labute approximate surface area is 190 Å². The number of nitrogens with one attached hydrogen (secondary N) is 2. The molecule has 0 saturated carbocycles. The Kier molecular flexibility index (Phi) is 8.31. The summed E-state index contributed by atoms with van der Waals surface area (Å²) in [6, 6.07) is 9.74. The van der Waals surface area contributed by atoms with Crippen LogP contribution in [0.5, 0.6) is 0 Å². The van der Waals surface area contributed by atoms with E-state index in [9.17, 15) is 28.1 Å². The van der Waals surface area contributed by atoms with Gasteiger partial charge in [-0.15, -0.1) is 0 Å². The zero-order chi connectivity index (χ0) is 24.1. The average molecular weight is 484 g/mol. The second-order valence-electron chi connectivity index (χ2n) is 7.15. The van der Waals surface area contributed by atoms with Gasteiger partial charge in [-0.05, 0) is 31.0 Å². The van der Waals surface area contributed by atoms with E-state index in [1.165, 1.54) is 31.2 Å². The number of nitrogens with zero attached hydrogens (tertiary/aromatic N) is 1. The molecule has 0 fully saturated rings. The van der Waals surface area contributed by atoms with Gasteiger partial charge in [-0.2, -0.15) is 4.72 Å². The van der Waals surface area contributed by atoms with Crippen LogP contribution in [0.3, 0.4) is 0 Å². The number of anilines is 1. The molecule has 0 saturated heterocycles. The third kappa shape index (κ3) is 6.49. The summed E-state index contributed by atoms with van der Waals surface area (Å²) in [5, 5.41) is 13.3. The minimum absolute atomic E-state index is 0.0236. The van der Waals surface area contributed by atoms with Gasteiger partial charge in [0.15, 0.2) is 6.10 Å². The van der Waals surface area contributed by atoms with Crippen molar-refractivity contribution in [1.29, 1.82) is 0 Å². The van der Waals surface area contributed by atoms with Gasteiger partial charge in [0.2, 0.25) is 10.0 Å². The third-order valence-corrected chi connectivity index (χ3v) is 6.12. The van der Waals surface area contributed by atoms with Gasteiger partial charge >= 0.3 is 5.97 Å². The molecule has 2 unspecified atom stereocenters. The molecular formula is C20H22ClN3O7S. The van der Waals surface area contributed by atoms with Crippen LogP contribution in [0.15, 0.2) is 53.4 Å². The molecule has 0 radical (unpaired) electrons. The maximum absolute atomic E-state index is 12.6. The second kappa shape index (κ2) is 10.5. The van der Waals surface area contributed by atoms with Crippen molar-refractivity contribution in [3.05, 3.63) is 63.7 Å². The topological polar surface area (TPSA) is 145 Å². The Hall–Kier alpha value is -3.02. The van der Waals surface area contributed by atoms with E-state index in [0.29, 0.717) is 0 Å². The molecular weight excluding hydrogens is 462 g/mol. The Morgan fingerprint density at radius 1 is 1.09 bits per heavy atom. The minimum atomic E-state index is -4.01. The average Bonchev–Trinajstić information content (AvgIpc) is 2.73. The fraction of sp³-hybridized carbons (Fsp3) is 0.300. The van der Waals surface area contributed by atoms with Gasteiger partial charge in [-0.25, -0.2) is 8.42 Å². The van der Waals surface area contributed by atoms with Crippen LogP contribution in [0.1, 0.15) is 20.8 Å². The fourth-order valence-corrected chi connectivity index (χ4v) is 4.07. The largest absolute Gasteiger partial charge is 0.451 e. The molecule has 1 amide bonds. The summed E-state index contributed by atoms with van der Waals surface area (Å²) in [6.45, 7) is 4.52. The lowest BCUT2D eigenvalue weighted by atomic mass is 10.1. The molecule has 0 bridgehead atoms. The summed E-state index contributed by atoms with van der Waals surface area (Å²) in [6.07, 6.45) is -1.33. The molecule has 0 aliphatic rings. The Balaban J connectivity index is 2.11. The monoisotopic (exact) mass is 483 g/mol. The molecule has 2 aromatic carbocycles. The number of nitro groups is 1. The lowest BCUT2D eigenvalue weighted by Gasteiger charge is -2.23. The number of rotatable bonds is 9. The van der Waals surface area contributed by atoms with Crippen molar-refractivity contribution in [3.63, 3.8) is 0 Å². The number of sulfonamides is 1. The standard InChI is InChI=1S/C20H22ClN3O7S/c1-12(2)18(23-32(29,30)15-7-5-4-6-8-15)20(26)31-13(3)19(25)22-17-11-14(24(27)28)9-10-16(17)21/h4-13,18,23H,1-3H3,(H,22,25). The van der Waals surface area contributed by atoms with Crippen LogP contribution >= 0.6 is 11.6 Å². The first kappa shape index (κ1) is 25.2. The number of nitro benzene ring substituents is 1. The van der Waals surface area contributed by atoms with Gasteiger partial charge in [-0.1, -0.05) is 43.6 Å². The number of non-ortho nitro benzene ring substituents is 1. The lowest BCUT2D eigenvalue weighted by molar-refractivity contribution is -0.384. The van der Waals surface area contributed by atoms with E-state index in [-0.39, 0.29) is 21.3 Å². The van der Waals surface area contributed by atoms with E-state index in [0.717, 1.165) is 6.07 Å². The van der Waals surface area contributed by atoms with Gasteiger partial charge in [0.1, 0.15) is 6.04 Å². The molecule has 0 aliphatic carbocycles. The molecule has 2 atom stereocenters. The van der Waals surface area contributed by atoms with E-state index in [1.807, 2.05) is 0 Å². The first-order chi connectivity index (χ1) is 14.9. The molecule has 2 aromatic rings. The fourth-order valence-electron chi connectivity index (χ4n) is 2.55. The van der Waals surface area contributed by atoms with Crippen molar-refractivity contribution in [3.8, 4) is 0 Å². The van der Waals surface area contributed by atoms with Crippen LogP contribution in [0.4, 0.5) is 11.4 Å². The predicted octanol–water partition coefficient (Wildman–Crippen LogP) is 3.12. The van der Waals surface area contributed by atoms with E-state index >= 15 is 0 Å². The van der Waals surface area contributed by atoms with Gasteiger partial charge in [0.05, 0.1) is 20.5 Å². The Morgan fingerprint density at radius 2 is 1.72 bits per heavy atom. The molecule has 172 valence electrons. The number of amides is 1. The number of halogens is 1. The van der Waals surface area contributed by atoms with Crippen molar-refractivity contribution in [2.24, 2.45) is 5.92 Å². The summed E-state index contributed by atoms with van der Waals surface area (Å²) in [7, 11) is -4.01. The summed E-state index contributed by atoms with van der Waals surface area (Å²) in [5.41, 5.74) is -0.316. The zero-order valence-corrected chi connectivity index (χ0v) is 19.0. The van der Waals surface area contributed by atoms with Crippen LogP contribution in [-0.4, -0.2) is 37.4 Å². The van der Waals surface area contributed by atoms with Crippen LogP contribution < -0.4 is 10.0 Å². The van der Waals surface area contributed by atoms with Crippen LogP contribution in [0, 0.1) is 16.0 Å². The minimum Gasteiger partial charge on any atom is -0.451 e. The molecule has 2 rings (SSSR count). The van der Waals surface area contributed by atoms with E-state index in [2.05, 4.69) is 10.0 Å². The Morgan fingerprint density at radius 3 is 2.28 bits per heavy atom. The van der Waals surface area contributed by atoms with Crippen molar-refractivity contribution < 1.29 is 27.7 Å². The van der Waals surface area contributed by atoms with Crippen molar-refractivity contribution in [1.82, 2.24) is 4.72 Å². The van der Waals surface area contributed by atoms with Gasteiger partial charge in [-0.3, -0.25) is 19.7 Å². The maximum Gasteiger partial charge on any atom is 0.325 e. The quantitative estimate of drug-likeness (QED) is 0.316. The van der Waals surface area contributed by atoms with Gasteiger partial charge < -0.3 is 10.1 Å². The van der Waals surface area contributed by atoms with Crippen molar-refractivity contribution in [2.45, 2.75) is 37.8 Å². The summed E-state index contributed by atoms with van der Waals surface area (Å²) in [4.78, 5) is 35.3. The van der Waals surface area contributed by atoms with Crippen LogP contribution in [0.25, 0.3) is 0 Å². The molecule has 0 aromatic heterocycles. The number of carbonyl (C=O) groups is 2. The molecule has 0 heterocycles. The normalized spacial score (nSPS) is 13.3. The SMILES string of the molecule is CC(OC(=O)C(NS(=O)(=O)c1ccccc1)C(C)C)C(=O)Nc1cc([N+](=O)[O-])ccc1Cl. The van der Waals surface area contributed by atoms with Gasteiger partial charge in [0.25, 0.3) is 11.6 Å². The number of hydrogen-bond acceptors (Lipinski definition) is 7. The number of benzene rings is 2. The zero-order valence-electron chi connectivity index (χ0n) is 17.4. The molecule has 0 spiro atoms. The highest BCUT2D eigenvalue weighted by Gasteiger charge is 2.32. The summed E-state index contributed by atoms with van der Waals surface area (Å²) in [5.74, 6) is -2.23. The highest BCUT2D eigenvalue weighted by molar-refractivity contribution is 7.89. The molecule has 12 heteroatoms. The number of esters is 1. The van der Waals surface area contributed by atoms with Crippen LogP contribution in [0.2, 0.25) is 5.02 Å². The van der Waals surface area contributed by atoms with E-state index in [4.69, 9.17) is 16.3 Å². The molecule has 0 aliphatic heterocycles. The third-order valence-electron chi connectivity index (χ3n) is 4.34. The highest BCUT2D eigenvalue weighted by atomic mass is 35.5. The summed E-state index contributed by atoms with van der Waals surface area (Å²) < 4.78 is 32.6. The smallest absolute Gasteiger partial charge is 0.325 e. The van der Waals surface area contributed by atoms with Gasteiger partial charge in [0, 0.05) is 12.1 Å². The van der Waals surface area contributed by atoms with E-state index < -0.39 is 44.9 Å². The number of hydrogen-bond donors (Lipinski definition) is 2. The van der Waals surface area contributed by atoms with Crippen molar-refractivity contribution in [2.75, 3.05) is 5.32 Å². The molecule has 2 N–H and O–H groups in total. The van der Waals surface area contributed by atoms with E-state index in [1.54, 1.807) is 32.0 Å². The maximum atomic E-state index is 12.6. The first-order valence-corrected chi connectivity index (χ1v) is 11.3.